The fourth-order valence-electron chi connectivity index (χ4n) is 5.89. The van der Waals surface area contributed by atoms with Crippen molar-refractivity contribution in [2.45, 2.75) is 37.5 Å². The van der Waals surface area contributed by atoms with Gasteiger partial charge in [-0.2, -0.15) is 0 Å². The van der Waals surface area contributed by atoms with Crippen LogP contribution in [0.4, 0.5) is 8.78 Å². The molecule has 9 nitrogen and oxygen atoms in total. The number of fused-ring (bicyclic) bond motifs is 2. The molecule has 13 heteroatoms. The number of carbonyl (C=O) groups excluding carboxylic acids is 3. The van der Waals surface area contributed by atoms with E-state index in [1.165, 1.54) is 7.11 Å². The highest BCUT2D eigenvalue weighted by Gasteiger charge is 2.51. The number of amides is 2. The number of aromatic nitrogens is 2. The summed E-state index contributed by atoms with van der Waals surface area (Å²) in [6.45, 7) is 2.98. The highest BCUT2D eigenvalue weighted by molar-refractivity contribution is 6.32. The van der Waals surface area contributed by atoms with Gasteiger partial charge in [0.1, 0.15) is 51.9 Å². The van der Waals surface area contributed by atoms with E-state index in [2.05, 4.69) is 15.3 Å². The van der Waals surface area contributed by atoms with Crippen LogP contribution in [0.15, 0.2) is 36.4 Å². The zero-order valence-corrected chi connectivity index (χ0v) is 26.5. The molecule has 1 saturated carbocycles. The maximum Gasteiger partial charge on any atom is 0.251 e. The third-order valence-corrected chi connectivity index (χ3v) is 9.66. The Morgan fingerprint density at radius 1 is 1.20 bits per heavy atom. The minimum absolute atomic E-state index is 0.0667. The van der Waals surface area contributed by atoms with E-state index in [1.54, 1.807) is 38.1 Å². The number of carbonyl (C=O) groups is 3. The van der Waals surface area contributed by atoms with E-state index in [1.807, 2.05) is 0 Å². The Hall–Kier alpha value is -4.35. The molecule has 1 aliphatic carbocycles. The molecule has 0 unspecified atom stereocenters. The molecule has 4 aromatic rings. The van der Waals surface area contributed by atoms with Crippen molar-refractivity contribution in [2.24, 2.45) is 11.7 Å². The van der Waals surface area contributed by atoms with Gasteiger partial charge < -0.3 is 25.3 Å². The maximum atomic E-state index is 15.4. The zero-order valence-electron chi connectivity index (χ0n) is 25.0. The Kier molecular flexibility index (Phi) is 7.88. The second-order valence-electron chi connectivity index (χ2n) is 11.9. The molecule has 3 heterocycles. The minimum Gasteiger partial charge on any atom is -0.494 e. The molecule has 3 N–H and O–H groups in total. The van der Waals surface area contributed by atoms with E-state index >= 15 is 4.39 Å². The highest BCUT2D eigenvalue weighted by Crippen LogP contribution is 2.51. The lowest BCUT2D eigenvalue weighted by Gasteiger charge is -2.30. The quantitative estimate of drug-likeness (QED) is 0.175. The highest BCUT2D eigenvalue weighted by atomic mass is 35.5. The van der Waals surface area contributed by atoms with Crippen molar-refractivity contribution >= 4 is 52.2 Å². The van der Waals surface area contributed by atoms with Crippen molar-refractivity contribution < 1.29 is 32.6 Å². The van der Waals surface area contributed by atoms with Gasteiger partial charge in [0.2, 0.25) is 5.91 Å². The number of aryl methyl sites for hydroxylation is 1. The van der Waals surface area contributed by atoms with E-state index < -0.39 is 39.3 Å². The van der Waals surface area contributed by atoms with Gasteiger partial charge >= 0.3 is 0 Å². The molecule has 1 fully saturated rings. The summed E-state index contributed by atoms with van der Waals surface area (Å²) in [4.78, 5) is 48.5. The SMILES string of the molecule is COc1cc(C(=O)NC[C@](C=O)(c2cc3c(c(-c4ccc(F)c(Cl)c4F)n2)OC[C@]3(C)C(N)=O)C2CC2)cc2cc(Cl)c(C)nc12. The molecule has 2 aromatic heterocycles. The molecule has 0 radical (unpaired) electrons. The molecular formula is C33H28Cl2F2N4O5. The standard InChI is InChI=1S/C33H28Cl2F2N4O5/c1-15-21(34)9-16-8-17(10-23(45-3)27(16)40-15)30(43)39-12-33(13-42,18-4-5-18)24-11-20-29(46-14-32(20,2)31(38)44)28(41-24)19-6-7-22(36)25(35)26(19)37/h6-11,13,18H,4-5,12,14H2,1-3H3,(H2,38,44)(H,39,43)/t32-,33+/m0/s1. The lowest BCUT2D eigenvalue weighted by atomic mass is 9.76. The number of nitrogens with one attached hydrogen (secondary N) is 1. The van der Waals surface area contributed by atoms with Crippen molar-refractivity contribution in [3.05, 3.63) is 80.6 Å². The Bertz CT molecular complexity index is 1970. The third kappa shape index (κ3) is 5.02. The van der Waals surface area contributed by atoms with Crippen LogP contribution >= 0.6 is 23.2 Å². The summed E-state index contributed by atoms with van der Waals surface area (Å²) in [6, 6.07) is 8.54. The summed E-state index contributed by atoms with van der Waals surface area (Å²) in [5, 5.41) is 3.12. The van der Waals surface area contributed by atoms with E-state index in [-0.39, 0.29) is 52.9 Å². The first kappa shape index (κ1) is 31.6. The van der Waals surface area contributed by atoms with Gasteiger partial charge in [0.25, 0.3) is 5.91 Å². The number of aldehydes is 1. The molecule has 0 spiro atoms. The van der Waals surface area contributed by atoms with Crippen LogP contribution in [0.5, 0.6) is 11.5 Å². The Morgan fingerprint density at radius 2 is 1.93 bits per heavy atom. The van der Waals surface area contributed by atoms with E-state index in [4.69, 9.17) is 38.4 Å². The Balaban J connectivity index is 1.45. The van der Waals surface area contributed by atoms with Crippen LogP contribution in [0, 0.1) is 24.5 Å². The number of pyridine rings is 2. The monoisotopic (exact) mass is 668 g/mol. The number of primary amides is 1. The lowest BCUT2D eigenvalue weighted by molar-refractivity contribution is -0.123. The number of nitrogens with two attached hydrogens (primary N) is 1. The van der Waals surface area contributed by atoms with Gasteiger partial charge in [-0.1, -0.05) is 23.2 Å². The molecule has 2 aromatic carbocycles. The summed E-state index contributed by atoms with van der Waals surface area (Å²) >= 11 is 12.2. The van der Waals surface area contributed by atoms with Gasteiger partial charge in [0, 0.05) is 28.6 Å². The van der Waals surface area contributed by atoms with Gasteiger partial charge in [-0.05, 0) is 69.0 Å². The number of halogens is 4. The van der Waals surface area contributed by atoms with Crippen LogP contribution in [0.25, 0.3) is 22.2 Å². The second kappa shape index (κ2) is 11.5. The molecule has 0 bridgehead atoms. The first-order valence-corrected chi connectivity index (χ1v) is 15.1. The number of hydrogen-bond donors (Lipinski definition) is 2. The average molecular weight is 670 g/mol. The Morgan fingerprint density at radius 3 is 2.59 bits per heavy atom. The predicted octanol–water partition coefficient (Wildman–Crippen LogP) is 5.61. The molecule has 2 aliphatic rings. The summed E-state index contributed by atoms with van der Waals surface area (Å²) in [6.07, 6.45) is 2.01. The van der Waals surface area contributed by atoms with E-state index in [0.29, 0.717) is 46.5 Å². The molecule has 6 rings (SSSR count). The predicted molar refractivity (Wildman–Crippen MR) is 167 cm³/mol. The summed E-state index contributed by atoms with van der Waals surface area (Å²) in [7, 11) is 1.46. The van der Waals surface area contributed by atoms with Crippen LogP contribution in [-0.2, 0) is 20.4 Å². The smallest absolute Gasteiger partial charge is 0.251 e. The Labute approximate surface area is 272 Å². The summed E-state index contributed by atoms with van der Waals surface area (Å²) < 4.78 is 40.9. The fraction of sp³-hybridized carbons (Fsp3) is 0.303. The minimum atomic E-state index is -1.39. The largest absolute Gasteiger partial charge is 0.494 e. The molecule has 238 valence electrons. The second-order valence-corrected chi connectivity index (χ2v) is 12.6. The van der Waals surface area contributed by atoms with Crippen LogP contribution in [0.2, 0.25) is 10.0 Å². The van der Waals surface area contributed by atoms with Crippen molar-refractivity contribution in [3.63, 3.8) is 0 Å². The van der Waals surface area contributed by atoms with Crippen molar-refractivity contribution in [2.75, 3.05) is 20.3 Å². The number of benzene rings is 2. The van der Waals surface area contributed by atoms with Gasteiger partial charge in [0.05, 0.1) is 28.9 Å². The van der Waals surface area contributed by atoms with Gasteiger partial charge in [-0.3, -0.25) is 9.59 Å². The lowest BCUT2D eigenvalue weighted by Crippen LogP contribution is -2.45. The molecular weight excluding hydrogens is 641 g/mol. The number of nitrogens with zero attached hydrogens (tertiary/aromatic N) is 2. The normalized spacial score (nSPS) is 18.4. The number of hydrogen-bond acceptors (Lipinski definition) is 7. The van der Waals surface area contributed by atoms with Crippen molar-refractivity contribution in [1.29, 1.82) is 0 Å². The number of rotatable bonds is 9. The first-order valence-electron chi connectivity index (χ1n) is 14.4. The summed E-state index contributed by atoms with van der Waals surface area (Å²) in [5.41, 5.74) is 4.61. The zero-order chi connectivity index (χ0) is 33.1. The van der Waals surface area contributed by atoms with Gasteiger partial charge in [-0.25, -0.2) is 18.7 Å². The molecule has 46 heavy (non-hydrogen) atoms. The van der Waals surface area contributed by atoms with Crippen molar-refractivity contribution in [3.8, 4) is 22.8 Å². The van der Waals surface area contributed by atoms with Crippen molar-refractivity contribution in [1.82, 2.24) is 15.3 Å². The summed E-state index contributed by atoms with van der Waals surface area (Å²) in [5.74, 6) is -3.08. The molecule has 2 amide bonds. The van der Waals surface area contributed by atoms with Gasteiger partial charge in [0.15, 0.2) is 5.82 Å². The number of ether oxygens (including phenoxy) is 2. The third-order valence-electron chi connectivity index (χ3n) is 8.94. The fourth-order valence-corrected chi connectivity index (χ4v) is 6.22. The topological polar surface area (TPSA) is 134 Å². The number of methoxy groups -OCH3 is 1. The molecule has 1 aliphatic heterocycles. The van der Waals surface area contributed by atoms with E-state index in [0.717, 1.165) is 12.1 Å². The average Bonchev–Trinajstić information content (AvgIpc) is 3.83. The van der Waals surface area contributed by atoms with Crippen LogP contribution in [0.3, 0.4) is 0 Å². The van der Waals surface area contributed by atoms with Crippen LogP contribution < -0.4 is 20.5 Å². The first-order chi connectivity index (χ1) is 21.8. The van der Waals surface area contributed by atoms with Gasteiger partial charge in [-0.15, -0.1) is 0 Å². The molecule has 2 atom stereocenters. The van der Waals surface area contributed by atoms with E-state index in [9.17, 15) is 18.8 Å². The maximum absolute atomic E-state index is 15.4. The van der Waals surface area contributed by atoms with Crippen LogP contribution in [0.1, 0.15) is 47.1 Å². The van der Waals surface area contributed by atoms with Crippen LogP contribution in [-0.4, -0.2) is 48.3 Å². The molecule has 0 saturated heterocycles.